The van der Waals surface area contributed by atoms with E-state index in [9.17, 15) is 4.79 Å². The van der Waals surface area contributed by atoms with Crippen LogP contribution < -0.4 is 5.32 Å². The van der Waals surface area contributed by atoms with Crippen LogP contribution in [0.3, 0.4) is 0 Å². The van der Waals surface area contributed by atoms with Gasteiger partial charge in [0.15, 0.2) is 0 Å². The molecular formula is C16H27N5O2. The van der Waals surface area contributed by atoms with Crippen LogP contribution in [0.1, 0.15) is 51.3 Å². The van der Waals surface area contributed by atoms with Crippen LogP contribution in [0.4, 0.5) is 4.79 Å². The van der Waals surface area contributed by atoms with Crippen LogP contribution in [0.15, 0.2) is 6.33 Å². The zero-order chi connectivity index (χ0) is 16.4. The van der Waals surface area contributed by atoms with Crippen molar-refractivity contribution in [3.8, 4) is 0 Å². The topological polar surface area (TPSA) is 72.3 Å². The summed E-state index contributed by atoms with van der Waals surface area (Å²) in [6, 6.07) is 0.0229. The number of hydrogen-bond donors (Lipinski definition) is 1. The van der Waals surface area contributed by atoms with Gasteiger partial charge in [-0.1, -0.05) is 0 Å². The molecule has 2 aliphatic heterocycles. The fourth-order valence-electron chi connectivity index (χ4n) is 3.54. The first kappa shape index (κ1) is 16.2. The monoisotopic (exact) mass is 321 g/mol. The van der Waals surface area contributed by atoms with E-state index in [0.717, 1.165) is 44.6 Å². The number of nitrogens with one attached hydrogen (secondary N) is 1. The van der Waals surface area contributed by atoms with Crippen molar-refractivity contribution in [1.29, 1.82) is 0 Å². The predicted molar refractivity (Wildman–Crippen MR) is 86.1 cm³/mol. The summed E-state index contributed by atoms with van der Waals surface area (Å²) in [6.07, 6.45) is 5.82. The second-order valence-electron chi connectivity index (χ2n) is 7.29. The Morgan fingerprint density at radius 2 is 2.13 bits per heavy atom. The number of urea groups is 1. The van der Waals surface area contributed by atoms with Gasteiger partial charge in [0.05, 0.1) is 11.7 Å². The second kappa shape index (κ2) is 6.47. The number of amides is 2. The van der Waals surface area contributed by atoms with Gasteiger partial charge in [-0.3, -0.25) is 0 Å². The van der Waals surface area contributed by atoms with E-state index in [0.29, 0.717) is 12.5 Å². The number of aromatic nitrogens is 3. The first-order valence-corrected chi connectivity index (χ1v) is 8.49. The van der Waals surface area contributed by atoms with Gasteiger partial charge < -0.3 is 19.5 Å². The lowest BCUT2D eigenvalue weighted by Gasteiger charge is -2.31. The molecule has 128 valence electrons. The summed E-state index contributed by atoms with van der Waals surface area (Å²) in [5.41, 5.74) is -0.0517. The van der Waals surface area contributed by atoms with E-state index < -0.39 is 0 Å². The van der Waals surface area contributed by atoms with Crippen LogP contribution in [0, 0.1) is 0 Å². The van der Waals surface area contributed by atoms with Crippen LogP contribution in [0.2, 0.25) is 0 Å². The molecule has 1 atom stereocenters. The number of likely N-dealkylation sites (tertiary alicyclic amines) is 1. The highest BCUT2D eigenvalue weighted by Gasteiger charge is 2.32. The lowest BCUT2D eigenvalue weighted by atomic mass is 9.96. The van der Waals surface area contributed by atoms with Crippen LogP contribution in [-0.4, -0.2) is 57.0 Å². The smallest absolute Gasteiger partial charge is 0.317 e. The maximum Gasteiger partial charge on any atom is 0.317 e. The van der Waals surface area contributed by atoms with Crippen molar-refractivity contribution < 1.29 is 9.53 Å². The zero-order valence-corrected chi connectivity index (χ0v) is 14.3. The Labute approximate surface area is 137 Å². The highest BCUT2D eigenvalue weighted by Crippen LogP contribution is 2.29. The van der Waals surface area contributed by atoms with Crippen molar-refractivity contribution in [3.63, 3.8) is 0 Å². The third-order valence-electron chi connectivity index (χ3n) is 4.93. The second-order valence-corrected chi connectivity index (χ2v) is 7.29. The predicted octanol–water partition coefficient (Wildman–Crippen LogP) is 1.66. The molecule has 2 fully saturated rings. The summed E-state index contributed by atoms with van der Waals surface area (Å²) >= 11 is 0. The molecule has 0 aromatic carbocycles. The number of nitrogens with zero attached hydrogens (tertiary/aromatic N) is 4. The summed E-state index contributed by atoms with van der Waals surface area (Å²) < 4.78 is 7.89. The van der Waals surface area contributed by atoms with Crippen LogP contribution in [-0.2, 0) is 11.8 Å². The molecule has 7 nitrogen and oxygen atoms in total. The quantitative estimate of drug-likeness (QED) is 0.919. The van der Waals surface area contributed by atoms with Crippen molar-refractivity contribution in [2.75, 3.05) is 19.6 Å². The first-order valence-electron chi connectivity index (χ1n) is 8.49. The highest BCUT2D eigenvalue weighted by molar-refractivity contribution is 5.74. The van der Waals surface area contributed by atoms with Gasteiger partial charge in [-0.05, 0) is 39.5 Å². The minimum absolute atomic E-state index is 0.0229. The molecular weight excluding hydrogens is 294 g/mol. The molecule has 23 heavy (non-hydrogen) atoms. The summed E-state index contributed by atoms with van der Waals surface area (Å²) in [5, 5.41) is 11.2. The van der Waals surface area contributed by atoms with Gasteiger partial charge in [0.1, 0.15) is 12.2 Å². The summed E-state index contributed by atoms with van der Waals surface area (Å²) in [5.74, 6) is 1.41. The Balaban J connectivity index is 1.43. The number of piperidine rings is 1. The van der Waals surface area contributed by atoms with E-state index in [1.807, 2.05) is 16.5 Å². The molecule has 0 radical (unpaired) electrons. The molecule has 1 aromatic heterocycles. The molecule has 2 saturated heterocycles. The number of ether oxygens (including phenoxy) is 1. The van der Waals surface area contributed by atoms with Crippen molar-refractivity contribution >= 4 is 6.03 Å². The third kappa shape index (κ3) is 3.83. The number of aryl methyl sites for hydroxylation is 1. The standard InChI is InChI=1S/C16H27N5O2/c1-16(2)7-4-13(23-16)10-17-15(22)21-8-5-12(6-9-21)14-19-18-11-20(14)3/h11-13H,4-10H2,1-3H3,(H,17,22)/t13-/m0/s1. The number of carbonyl (C=O) groups is 1. The van der Waals surface area contributed by atoms with Crippen LogP contribution >= 0.6 is 0 Å². The van der Waals surface area contributed by atoms with Gasteiger partial charge in [-0.15, -0.1) is 10.2 Å². The van der Waals surface area contributed by atoms with E-state index in [2.05, 4.69) is 29.4 Å². The molecule has 3 heterocycles. The molecule has 1 aromatic rings. The minimum Gasteiger partial charge on any atom is -0.371 e. The SMILES string of the molecule is Cn1cnnc1C1CCN(C(=O)NC[C@@H]2CCC(C)(C)O2)CC1. The molecule has 0 aliphatic carbocycles. The fraction of sp³-hybridized carbons (Fsp3) is 0.812. The lowest BCUT2D eigenvalue weighted by molar-refractivity contribution is -0.0136. The van der Waals surface area contributed by atoms with E-state index in [1.165, 1.54) is 0 Å². The summed E-state index contributed by atoms with van der Waals surface area (Å²) in [4.78, 5) is 14.2. The molecule has 0 saturated carbocycles. The Bertz CT molecular complexity index is 548. The molecule has 2 amide bonds. The Kier molecular flexibility index (Phi) is 4.57. The maximum atomic E-state index is 12.3. The average Bonchev–Trinajstić information content (AvgIpc) is 3.10. The normalized spacial score (nSPS) is 24.8. The molecule has 0 spiro atoms. The van der Waals surface area contributed by atoms with Gasteiger partial charge in [-0.2, -0.15) is 0 Å². The molecule has 1 N–H and O–H groups in total. The Morgan fingerprint density at radius 1 is 1.39 bits per heavy atom. The molecule has 3 rings (SSSR count). The van der Waals surface area contributed by atoms with E-state index in [4.69, 9.17) is 4.74 Å². The van der Waals surface area contributed by atoms with Gasteiger partial charge in [0.2, 0.25) is 0 Å². The van der Waals surface area contributed by atoms with Gasteiger partial charge in [0.25, 0.3) is 0 Å². The minimum atomic E-state index is -0.0517. The van der Waals surface area contributed by atoms with E-state index >= 15 is 0 Å². The number of hydrogen-bond acceptors (Lipinski definition) is 4. The Hall–Kier alpha value is -1.63. The van der Waals surface area contributed by atoms with Crippen molar-refractivity contribution in [2.45, 2.75) is 57.2 Å². The largest absolute Gasteiger partial charge is 0.371 e. The zero-order valence-electron chi connectivity index (χ0n) is 14.3. The van der Waals surface area contributed by atoms with Gasteiger partial charge in [-0.25, -0.2) is 4.79 Å². The molecule has 0 unspecified atom stereocenters. The molecule has 0 bridgehead atoms. The summed E-state index contributed by atoms with van der Waals surface area (Å²) in [7, 11) is 1.97. The molecule has 2 aliphatic rings. The van der Waals surface area contributed by atoms with Crippen LogP contribution in [0.25, 0.3) is 0 Å². The number of carbonyl (C=O) groups excluding carboxylic acids is 1. The average molecular weight is 321 g/mol. The molecule has 7 heteroatoms. The van der Waals surface area contributed by atoms with E-state index in [1.54, 1.807) is 6.33 Å². The van der Waals surface area contributed by atoms with Gasteiger partial charge in [0, 0.05) is 32.6 Å². The van der Waals surface area contributed by atoms with E-state index in [-0.39, 0.29) is 17.7 Å². The Morgan fingerprint density at radius 3 is 2.70 bits per heavy atom. The fourth-order valence-corrected chi connectivity index (χ4v) is 3.54. The van der Waals surface area contributed by atoms with Crippen molar-refractivity contribution in [3.05, 3.63) is 12.2 Å². The number of rotatable bonds is 3. The van der Waals surface area contributed by atoms with Gasteiger partial charge >= 0.3 is 6.03 Å². The summed E-state index contributed by atoms with van der Waals surface area (Å²) in [6.45, 7) is 6.34. The maximum absolute atomic E-state index is 12.3. The highest BCUT2D eigenvalue weighted by atomic mass is 16.5. The van der Waals surface area contributed by atoms with Crippen molar-refractivity contribution in [1.82, 2.24) is 25.0 Å². The third-order valence-corrected chi connectivity index (χ3v) is 4.93. The first-order chi connectivity index (χ1) is 10.9. The van der Waals surface area contributed by atoms with Crippen LogP contribution in [0.5, 0.6) is 0 Å². The van der Waals surface area contributed by atoms with Crippen molar-refractivity contribution in [2.24, 2.45) is 7.05 Å². The lowest BCUT2D eigenvalue weighted by Crippen LogP contribution is -2.46.